The molecule has 0 bridgehead atoms. The Morgan fingerprint density at radius 3 is 2.92 bits per heavy atom. The molecule has 2 aromatic rings. The van der Waals surface area contributed by atoms with E-state index in [1.165, 1.54) is 18.0 Å². The van der Waals surface area contributed by atoms with Crippen molar-refractivity contribution in [2.75, 3.05) is 13.2 Å². The summed E-state index contributed by atoms with van der Waals surface area (Å²) < 4.78 is 17.0. The van der Waals surface area contributed by atoms with Gasteiger partial charge in [-0.15, -0.1) is 0 Å². The number of rotatable bonds is 5. The van der Waals surface area contributed by atoms with E-state index in [1.807, 2.05) is 43.9 Å². The summed E-state index contributed by atoms with van der Waals surface area (Å²) in [4.78, 5) is 14.4. The van der Waals surface area contributed by atoms with Crippen LogP contribution in [0.3, 0.4) is 0 Å². The Kier molecular flexibility index (Phi) is 6.01. The highest BCUT2D eigenvalue weighted by atomic mass is 32.1. The Morgan fingerprint density at radius 2 is 2.12 bits per heavy atom. The van der Waals surface area contributed by atoms with Crippen molar-refractivity contribution in [3.63, 3.8) is 0 Å². The first-order valence-electron chi connectivity index (χ1n) is 9.41. The van der Waals surface area contributed by atoms with Crippen LogP contribution in [0.1, 0.15) is 52.9 Å². The first-order chi connectivity index (χ1) is 12.4. The third kappa shape index (κ3) is 4.87. The lowest BCUT2D eigenvalue weighted by Crippen LogP contribution is -2.46. The highest BCUT2D eigenvalue weighted by molar-refractivity contribution is 7.13. The fourth-order valence-corrected chi connectivity index (χ4v) is 4.04. The Hall–Kier alpha value is -1.82. The molecule has 142 valence electrons. The second-order valence-electron chi connectivity index (χ2n) is 7.80. The number of fused-ring (bicyclic) bond motifs is 1. The molecule has 0 radical (unpaired) electrons. The predicted molar refractivity (Wildman–Crippen MR) is 105 cm³/mol. The minimum absolute atomic E-state index is 0.186. The summed E-state index contributed by atoms with van der Waals surface area (Å²) >= 11 is 1.47. The molecule has 1 aromatic carbocycles. The van der Waals surface area contributed by atoms with Gasteiger partial charge in [-0.05, 0) is 76.5 Å². The lowest BCUT2D eigenvalue weighted by atomic mass is 9.98. The van der Waals surface area contributed by atoms with E-state index in [1.54, 1.807) is 0 Å². The van der Waals surface area contributed by atoms with Gasteiger partial charge in [0.25, 0.3) is 0 Å². The predicted octanol–water partition coefficient (Wildman–Crippen LogP) is 5.24. The van der Waals surface area contributed by atoms with Crippen LogP contribution in [0.2, 0.25) is 0 Å². The Balaban J connectivity index is 1.50. The zero-order valence-electron chi connectivity index (χ0n) is 15.9. The molecule has 0 N–H and O–H groups in total. The maximum absolute atomic E-state index is 12.5. The van der Waals surface area contributed by atoms with Gasteiger partial charge < -0.3 is 14.4 Å². The zero-order chi connectivity index (χ0) is 18.6. The van der Waals surface area contributed by atoms with Gasteiger partial charge in [0.05, 0.1) is 16.7 Å². The number of ether oxygens (including phenoxy) is 2. The quantitative estimate of drug-likeness (QED) is 0.669. The molecule has 6 heteroatoms. The molecule has 0 aliphatic carbocycles. The van der Waals surface area contributed by atoms with Crippen LogP contribution in [0.25, 0.3) is 10.1 Å². The summed E-state index contributed by atoms with van der Waals surface area (Å²) in [6, 6.07) is 8.36. The fraction of sp³-hybridized carbons (Fsp3) is 0.600. The number of aromatic nitrogens is 1. The molecule has 0 saturated carbocycles. The van der Waals surface area contributed by atoms with Crippen molar-refractivity contribution in [1.29, 1.82) is 0 Å². The molecule has 1 atom stereocenters. The van der Waals surface area contributed by atoms with Gasteiger partial charge in [-0.1, -0.05) is 12.1 Å². The first-order valence-corrected chi connectivity index (χ1v) is 10.2. The number of hydrogen-bond acceptors (Lipinski definition) is 5. The third-order valence-corrected chi connectivity index (χ3v) is 5.33. The summed E-state index contributed by atoms with van der Waals surface area (Å²) in [6.45, 7) is 7.14. The van der Waals surface area contributed by atoms with Gasteiger partial charge in [0, 0.05) is 12.6 Å². The number of carbonyl (C=O) groups is 1. The molecular weight excluding hydrogens is 348 g/mol. The smallest absolute Gasteiger partial charge is 0.410 e. The Bertz CT molecular complexity index is 738. The SMILES string of the molecule is CC(C)(C)OC(=O)N1CCCCC1CCCOc1nsc2ccccc12. The molecule has 1 aliphatic rings. The summed E-state index contributed by atoms with van der Waals surface area (Å²) in [6.07, 6.45) is 4.91. The average Bonchev–Trinajstić information content (AvgIpc) is 3.01. The highest BCUT2D eigenvalue weighted by Gasteiger charge is 2.30. The van der Waals surface area contributed by atoms with E-state index >= 15 is 0 Å². The maximum Gasteiger partial charge on any atom is 0.410 e. The highest BCUT2D eigenvalue weighted by Crippen LogP contribution is 2.28. The van der Waals surface area contributed by atoms with Gasteiger partial charge in [-0.3, -0.25) is 0 Å². The van der Waals surface area contributed by atoms with E-state index in [0.29, 0.717) is 6.61 Å². The van der Waals surface area contributed by atoms with Crippen molar-refractivity contribution in [2.24, 2.45) is 0 Å². The van der Waals surface area contributed by atoms with Crippen LogP contribution in [-0.4, -0.2) is 40.2 Å². The number of benzene rings is 1. The van der Waals surface area contributed by atoms with Gasteiger partial charge in [0.1, 0.15) is 5.60 Å². The van der Waals surface area contributed by atoms with Crippen LogP contribution in [0.5, 0.6) is 5.88 Å². The van der Waals surface area contributed by atoms with E-state index in [9.17, 15) is 4.79 Å². The topological polar surface area (TPSA) is 51.7 Å². The van der Waals surface area contributed by atoms with Crippen molar-refractivity contribution in [1.82, 2.24) is 9.27 Å². The molecule has 1 unspecified atom stereocenters. The molecule has 5 nitrogen and oxygen atoms in total. The summed E-state index contributed by atoms with van der Waals surface area (Å²) in [5.41, 5.74) is -0.451. The second kappa shape index (κ2) is 8.25. The van der Waals surface area contributed by atoms with Crippen LogP contribution in [-0.2, 0) is 4.74 Å². The normalized spacial score (nSPS) is 18.1. The van der Waals surface area contributed by atoms with Crippen molar-refractivity contribution in [3.05, 3.63) is 24.3 Å². The lowest BCUT2D eigenvalue weighted by molar-refractivity contribution is 0.00823. The van der Waals surface area contributed by atoms with Gasteiger partial charge >= 0.3 is 6.09 Å². The molecular formula is C20H28N2O3S. The van der Waals surface area contributed by atoms with E-state index < -0.39 is 5.60 Å². The molecule has 1 aromatic heterocycles. The van der Waals surface area contributed by atoms with Crippen molar-refractivity contribution in [3.8, 4) is 5.88 Å². The number of hydrogen-bond donors (Lipinski definition) is 0. The summed E-state index contributed by atoms with van der Waals surface area (Å²) in [5, 5.41) is 1.07. The van der Waals surface area contributed by atoms with Gasteiger partial charge in [-0.25, -0.2) is 4.79 Å². The number of piperidine rings is 1. The third-order valence-electron chi connectivity index (χ3n) is 4.52. The zero-order valence-corrected chi connectivity index (χ0v) is 16.7. The molecule has 2 heterocycles. The summed E-state index contributed by atoms with van der Waals surface area (Å²) in [7, 11) is 0. The molecule has 1 fully saturated rings. The average molecular weight is 377 g/mol. The van der Waals surface area contributed by atoms with Crippen LogP contribution < -0.4 is 4.74 Å². The first kappa shape index (κ1) is 19.0. The van der Waals surface area contributed by atoms with Gasteiger partial charge in [0.15, 0.2) is 0 Å². The standard InChI is InChI=1S/C20H28N2O3S/c1-20(2,3)25-19(23)22-13-7-6-9-15(22)10-8-14-24-18-16-11-4-5-12-17(16)26-21-18/h4-5,11-12,15H,6-10,13-14H2,1-3H3. The fourth-order valence-electron chi connectivity index (χ4n) is 3.32. The maximum atomic E-state index is 12.5. The van der Waals surface area contributed by atoms with Crippen molar-refractivity contribution < 1.29 is 14.3 Å². The minimum atomic E-state index is -0.451. The molecule has 1 amide bonds. The monoisotopic (exact) mass is 376 g/mol. The van der Waals surface area contributed by atoms with Crippen LogP contribution in [0.4, 0.5) is 4.79 Å². The second-order valence-corrected chi connectivity index (χ2v) is 8.60. The van der Waals surface area contributed by atoms with Crippen molar-refractivity contribution >= 4 is 27.7 Å². The van der Waals surface area contributed by atoms with Crippen LogP contribution in [0.15, 0.2) is 24.3 Å². The van der Waals surface area contributed by atoms with Crippen LogP contribution >= 0.6 is 11.5 Å². The molecule has 1 aliphatic heterocycles. The van der Waals surface area contributed by atoms with Crippen molar-refractivity contribution in [2.45, 2.75) is 64.5 Å². The number of carbonyl (C=O) groups excluding carboxylic acids is 1. The van der Waals surface area contributed by atoms with E-state index in [-0.39, 0.29) is 12.1 Å². The van der Waals surface area contributed by atoms with E-state index in [0.717, 1.165) is 48.2 Å². The Morgan fingerprint density at radius 1 is 1.31 bits per heavy atom. The van der Waals surface area contributed by atoms with Crippen LogP contribution in [0, 0.1) is 0 Å². The molecule has 0 spiro atoms. The number of amides is 1. The molecule has 3 rings (SSSR count). The van der Waals surface area contributed by atoms with Gasteiger partial charge in [-0.2, -0.15) is 4.37 Å². The Labute approximate surface area is 159 Å². The van der Waals surface area contributed by atoms with Gasteiger partial charge in [0.2, 0.25) is 5.88 Å². The van der Waals surface area contributed by atoms with E-state index in [2.05, 4.69) is 10.4 Å². The molecule has 26 heavy (non-hydrogen) atoms. The lowest BCUT2D eigenvalue weighted by Gasteiger charge is -2.36. The number of likely N-dealkylation sites (tertiary alicyclic amines) is 1. The summed E-state index contributed by atoms with van der Waals surface area (Å²) in [5.74, 6) is 0.721. The largest absolute Gasteiger partial charge is 0.477 e. The number of nitrogens with zero attached hydrogens (tertiary/aromatic N) is 2. The molecule has 1 saturated heterocycles. The van der Waals surface area contributed by atoms with E-state index in [4.69, 9.17) is 9.47 Å². The minimum Gasteiger partial charge on any atom is -0.477 e.